The van der Waals surface area contributed by atoms with E-state index in [9.17, 15) is 14.4 Å². The Morgan fingerprint density at radius 3 is 2.59 bits per heavy atom. The second kappa shape index (κ2) is 7.40. The molecule has 1 unspecified atom stereocenters. The first kappa shape index (κ1) is 16.5. The molecule has 22 heavy (non-hydrogen) atoms. The fourth-order valence-electron chi connectivity index (χ4n) is 2.42. The van der Waals surface area contributed by atoms with Gasteiger partial charge in [-0.05, 0) is 31.0 Å². The molecule has 0 N–H and O–H groups in total. The Bertz CT molecular complexity index is 570. The van der Waals surface area contributed by atoms with Gasteiger partial charge in [0.05, 0.1) is 19.6 Å². The van der Waals surface area contributed by atoms with Crippen molar-refractivity contribution in [2.75, 3.05) is 19.7 Å². The lowest BCUT2D eigenvalue weighted by molar-refractivity contribution is -0.155. The average Bonchev–Trinajstić information content (AvgIpc) is 2.49. The summed E-state index contributed by atoms with van der Waals surface area (Å²) in [5.41, 5.74) is 0.842. The molecule has 1 aliphatic rings. The van der Waals surface area contributed by atoms with Crippen molar-refractivity contribution in [1.29, 1.82) is 0 Å². The quantitative estimate of drug-likeness (QED) is 0.627. The predicted octanol–water partition coefficient (Wildman–Crippen LogP) is 1.86. The number of Topliss-reactive ketones (excluding diaryl/α,β-unsaturated/α-hetero) is 1. The Balaban J connectivity index is 1.92. The Morgan fingerprint density at radius 2 is 2.00 bits per heavy atom. The zero-order valence-corrected chi connectivity index (χ0v) is 13.1. The Kier molecular flexibility index (Phi) is 5.55. The number of amides is 1. The molecule has 1 aliphatic heterocycles. The highest BCUT2D eigenvalue weighted by Crippen LogP contribution is 2.17. The molecule has 118 valence electrons. The minimum Gasteiger partial charge on any atom is -0.465 e. The van der Waals surface area contributed by atoms with Gasteiger partial charge in [0.25, 0.3) is 0 Å². The van der Waals surface area contributed by atoms with Crippen LogP contribution in [-0.2, 0) is 25.5 Å². The summed E-state index contributed by atoms with van der Waals surface area (Å²) < 4.78 is 4.88. The first-order chi connectivity index (χ1) is 10.5. The summed E-state index contributed by atoms with van der Waals surface area (Å²) in [5.74, 6) is -1.61. The van der Waals surface area contributed by atoms with Crippen molar-refractivity contribution < 1.29 is 19.1 Å². The van der Waals surface area contributed by atoms with Gasteiger partial charge in [-0.25, -0.2) is 0 Å². The Morgan fingerprint density at radius 1 is 1.32 bits per heavy atom. The van der Waals surface area contributed by atoms with Crippen molar-refractivity contribution >= 4 is 29.3 Å². The molecule has 2 rings (SSSR count). The van der Waals surface area contributed by atoms with Crippen molar-refractivity contribution in [1.82, 2.24) is 4.90 Å². The van der Waals surface area contributed by atoms with Gasteiger partial charge in [0.2, 0.25) is 5.91 Å². The van der Waals surface area contributed by atoms with E-state index in [4.69, 9.17) is 16.3 Å². The second-order valence-corrected chi connectivity index (χ2v) is 5.61. The highest BCUT2D eigenvalue weighted by molar-refractivity contribution is 6.30. The summed E-state index contributed by atoms with van der Waals surface area (Å²) in [6.07, 6.45) is 0.540. The van der Waals surface area contributed by atoms with E-state index in [0.717, 1.165) is 5.56 Å². The highest BCUT2D eigenvalue weighted by atomic mass is 35.5. The van der Waals surface area contributed by atoms with E-state index in [1.54, 1.807) is 31.2 Å². The summed E-state index contributed by atoms with van der Waals surface area (Å²) in [7, 11) is 0. The molecule has 0 bridgehead atoms. The number of carbonyl (C=O) groups excluding carboxylic acids is 3. The van der Waals surface area contributed by atoms with Crippen LogP contribution in [0.1, 0.15) is 18.9 Å². The zero-order chi connectivity index (χ0) is 16.1. The van der Waals surface area contributed by atoms with E-state index in [0.29, 0.717) is 18.0 Å². The number of benzene rings is 1. The fourth-order valence-corrected chi connectivity index (χ4v) is 2.54. The van der Waals surface area contributed by atoms with Crippen LogP contribution in [0, 0.1) is 5.92 Å². The summed E-state index contributed by atoms with van der Waals surface area (Å²) in [5, 5.41) is 0.613. The molecular formula is C16H18ClNO4. The van der Waals surface area contributed by atoms with Gasteiger partial charge in [-0.15, -0.1) is 0 Å². The minimum absolute atomic E-state index is 0.0318. The molecule has 0 aliphatic carbocycles. The summed E-state index contributed by atoms with van der Waals surface area (Å²) in [4.78, 5) is 37.4. The molecule has 1 heterocycles. The van der Waals surface area contributed by atoms with E-state index >= 15 is 0 Å². The van der Waals surface area contributed by atoms with Crippen LogP contribution in [0.4, 0.5) is 0 Å². The van der Waals surface area contributed by atoms with E-state index in [1.807, 2.05) is 0 Å². The van der Waals surface area contributed by atoms with Gasteiger partial charge < -0.3 is 9.64 Å². The monoisotopic (exact) mass is 323 g/mol. The topological polar surface area (TPSA) is 63.7 Å². The van der Waals surface area contributed by atoms with Crippen LogP contribution in [-0.4, -0.2) is 42.3 Å². The maximum atomic E-state index is 12.2. The van der Waals surface area contributed by atoms with Crippen LogP contribution in [0.3, 0.4) is 0 Å². The van der Waals surface area contributed by atoms with E-state index < -0.39 is 11.9 Å². The van der Waals surface area contributed by atoms with Gasteiger partial charge in [-0.1, -0.05) is 23.7 Å². The van der Waals surface area contributed by atoms with Gasteiger partial charge in [0, 0.05) is 11.6 Å². The molecule has 5 nitrogen and oxygen atoms in total. The van der Waals surface area contributed by atoms with Crippen molar-refractivity contribution in [3.8, 4) is 0 Å². The van der Waals surface area contributed by atoms with Gasteiger partial charge in [0.1, 0.15) is 5.92 Å². The van der Waals surface area contributed by atoms with Gasteiger partial charge in [-0.2, -0.15) is 0 Å². The molecule has 0 radical (unpaired) electrons. The lowest BCUT2D eigenvalue weighted by Crippen LogP contribution is -2.47. The third-order valence-corrected chi connectivity index (χ3v) is 3.87. The molecule has 0 saturated carbocycles. The molecule has 1 aromatic rings. The van der Waals surface area contributed by atoms with Gasteiger partial charge in [0.15, 0.2) is 5.78 Å². The number of esters is 1. The van der Waals surface area contributed by atoms with Crippen LogP contribution >= 0.6 is 11.6 Å². The molecular weight excluding hydrogens is 306 g/mol. The maximum Gasteiger partial charge on any atom is 0.316 e. The number of hydrogen-bond acceptors (Lipinski definition) is 4. The normalized spacial score (nSPS) is 18.2. The molecule has 1 fully saturated rings. The molecule has 1 atom stereocenters. The number of rotatable bonds is 4. The van der Waals surface area contributed by atoms with Crippen LogP contribution in [0.5, 0.6) is 0 Å². The summed E-state index contributed by atoms with van der Waals surface area (Å²) >= 11 is 5.80. The van der Waals surface area contributed by atoms with Crippen LogP contribution in [0.15, 0.2) is 24.3 Å². The predicted molar refractivity (Wildman–Crippen MR) is 81.5 cm³/mol. The SMILES string of the molecule is CCOC(=O)C1CCN(C(=O)Cc2ccc(Cl)cc2)CC1=O. The fraction of sp³-hybridized carbons (Fsp3) is 0.438. The number of likely N-dealkylation sites (tertiary alicyclic amines) is 1. The number of nitrogens with zero attached hydrogens (tertiary/aromatic N) is 1. The number of halogens is 1. The largest absolute Gasteiger partial charge is 0.465 e. The second-order valence-electron chi connectivity index (χ2n) is 5.18. The molecule has 6 heteroatoms. The average molecular weight is 324 g/mol. The number of hydrogen-bond donors (Lipinski definition) is 0. The molecule has 1 amide bonds. The van der Waals surface area contributed by atoms with Crippen molar-refractivity contribution in [3.63, 3.8) is 0 Å². The molecule has 0 spiro atoms. The van der Waals surface area contributed by atoms with E-state index in [2.05, 4.69) is 0 Å². The van der Waals surface area contributed by atoms with Crippen molar-refractivity contribution in [2.45, 2.75) is 19.8 Å². The number of ketones is 1. The highest BCUT2D eigenvalue weighted by Gasteiger charge is 2.35. The Hall–Kier alpha value is -1.88. The Labute approximate surface area is 134 Å². The summed E-state index contributed by atoms with van der Waals surface area (Å²) in [6, 6.07) is 7.02. The van der Waals surface area contributed by atoms with Gasteiger partial charge in [-0.3, -0.25) is 14.4 Å². The minimum atomic E-state index is -0.737. The van der Waals surface area contributed by atoms with E-state index in [-0.39, 0.29) is 31.3 Å². The van der Waals surface area contributed by atoms with Crippen LogP contribution in [0.2, 0.25) is 5.02 Å². The lowest BCUT2D eigenvalue weighted by Gasteiger charge is -2.29. The lowest BCUT2D eigenvalue weighted by atomic mass is 9.95. The number of carbonyl (C=O) groups is 3. The maximum absolute atomic E-state index is 12.2. The standard InChI is InChI=1S/C16H18ClNO4/c1-2-22-16(21)13-7-8-18(10-14(13)19)15(20)9-11-3-5-12(17)6-4-11/h3-6,13H,2,7-10H2,1H3. The number of piperidine rings is 1. The van der Waals surface area contributed by atoms with Gasteiger partial charge >= 0.3 is 5.97 Å². The third-order valence-electron chi connectivity index (χ3n) is 3.62. The van der Waals surface area contributed by atoms with Crippen molar-refractivity contribution in [3.05, 3.63) is 34.9 Å². The van der Waals surface area contributed by atoms with Crippen LogP contribution < -0.4 is 0 Å². The van der Waals surface area contributed by atoms with E-state index in [1.165, 1.54) is 4.90 Å². The van der Waals surface area contributed by atoms with Crippen molar-refractivity contribution in [2.24, 2.45) is 5.92 Å². The third kappa shape index (κ3) is 4.07. The first-order valence-electron chi connectivity index (χ1n) is 7.22. The molecule has 0 aromatic heterocycles. The first-order valence-corrected chi connectivity index (χ1v) is 7.60. The number of ether oxygens (including phenoxy) is 1. The molecule has 1 saturated heterocycles. The molecule has 1 aromatic carbocycles. The smallest absolute Gasteiger partial charge is 0.316 e. The van der Waals surface area contributed by atoms with Crippen LogP contribution in [0.25, 0.3) is 0 Å². The summed E-state index contributed by atoms with van der Waals surface area (Å²) in [6.45, 7) is 2.31. The zero-order valence-electron chi connectivity index (χ0n) is 12.4.